The Hall–Kier alpha value is -3.27. The zero-order chi connectivity index (χ0) is 15.6. The monoisotopic (exact) mass is 299 g/mol. The maximum Gasteiger partial charge on any atom is 0.256 e. The average Bonchev–Trinajstić information content (AvgIpc) is 2.61. The molecule has 110 valence electrons. The van der Waals surface area contributed by atoms with E-state index in [-0.39, 0.29) is 5.91 Å². The second-order valence-electron chi connectivity index (χ2n) is 5.25. The topological polar surface area (TPSA) is 54.9 Å². The third-order valence-electron chi connectivity index (χ3n) is 3.74. The lowest BCUT2D eigenvalue weighted by Gasteiger charge is -2.08. The predicted octanol–water partition coefficient (Wildman–Crippen LogP) is 4.04. The van der Waals surface area contributed by atoms with E-state index in [9.17, 15) is 4.79 Å². The summed E-state index contributed by atoms with van der Waals surface area (Å²) in [6, 6.07) is 19.1. The van der Waals surface area contributed by atoms with Gasteiger partial charge in [0.2, 0.25) is 0 Å². The second kappa shape index (κ2) is 5.50. The second-order valence-corrected chi connectivity index (χ2v) is 5.25. The number of carbonyl (C=O) groups is 1. The Morgan fingerprint density at radius 2 is 1.65 bits per heavy atom. The summed E-state index contributed by atoms with van der Waals surface area (Å²) in [6.07, 6.45) is 3.32. The van der Waals surface area contributed by atoms with E-state index < -0.39 is 0 Å². The molecule has 0 aliphatic carbocycles. The Morgan fingerprint density at radius 3 is 2.57 bits per heavy atom. The standard InChI is InChI=1S/C19H13N3O/c23-19(16-9-10-20-18-8-4-2-6-15(16)18)22-14-11-13-5-1-3-7-17(13)21-12-14/h1-12H,(H,22,23). The summed E-state index contributed by atoms with van der Waals surface area (Å²) < 4.78 is 0. The fourth-order valence-corrected chi connectivity index (χ4v) is 2.63. The van der Waals surface area contributed by atoms with Crippen molar-refractivity contribution in [2.45, 2.75) is 0 Å². The van der Waals surface area contributed by atoms with E-state index in [0.29, 0.717) is 11.3 Å². The molecular formula is C19H13N3O. The minimum atomic E-state index is -0.166. The molecule has 4 aromatic rings. The third-order valence-corrected chi connectivity index (χ3v) is 3.74. The molecule has 0 fully saturated rings. The maximum absolute atomic E-state index is 12.6. The molecular weight excluding hydrogens is 286 g/mol. The molecule has 2 aromatic carbocycles. The lowest BCUT2D eigenvalue weighted by Crippen LogP contribution is -2.12. The molecule has 1 amide bonds. The molecule has 2 heterocycles. The number of aromatic nitrogens is 2. The van der Waals surface area contributed by atoms with Gasteiger partial charge < -0.3 is 5.32 Å². The Balaban J connectivity index is 1.70. The predicted molar refractivity (Wildman–Crippen MR) is 91.4 cm³/mol. The summed E-state index contributed by atoms with van der Waals surface area (Å²) in [6.45, 7) is 0. The normalized spacial score (nSPS) is 10.8. The highest BCUT2D eigenvalue weighted by atomic mass is 16.1. The van der Waals surface area contributed by atoms with Crippen LogP contribution in [-0.2, 0) is 0 Å². The van der Waals surface area contributed by atoms with E-state index in [0.717, 1.165) is 21.8 Å². The molecule has 0 spiro atoms. The van der Waals surface area contributed by atoms with Crippen molar-refractivity contribution in [3.8, 4) is 0 Å². The molecule has 23 heavy (non-hydrogen) atoms. The SMILES string of the molecule is O=C(Nc1cnc2ccccc2c1)c1ccnc2ccccc12. The van der Waals surface area contributed by atoms with Gasteiger partial charge in [-0.1, -0.05) is 36.4 Å². The minimum Gasteiger partial charge on any atom is -0.321 e. The molecule has 0 bridgehead atoms. The third kappa shape index (κ3) is 2.51. The average molecular weight is 299 g/mol. The molecule has 0 saturated heterocycles. The molecule has 2 aromatic heterocycles. The summed E-state index contributed by atoms with van der Waals surface area (Å²) in [5.74, 6) is -0.166. The van der Waals surface area contributed by atoms with E-state index in [4.69, 9.17) is 0 Å². The van der Waals surface area contributed by atoms with Crippen LogP contribution in [0.1, 0.15) is 10.4 Å². The van der Waals surface area contributed by atoms with Gasteiger partial charge in [0.25, 0.3) is 5.91 Å². The Kier molecular flexibility index (Phi) is 3.20. The van der Waals surface area contributed by atoms with E-state index in [1.807, 2.05) is 54.6 Å². The number of nitrogens with zero attached hydrogens (tertiary/aromatic N) is 2. The van der Waals surface area contributed by atoms with Gasteiger partial charge in [0.1, 0.15) is 0 Å². The largest absolute Gasteiger partial charge is 0.321 e. The zero-order valence-corrected chi connectivity index (χ0v) is 12.2. The number of fused-ring (bicyclic) bond motifs is 2. The van der Waals surface area contributed by atoms with E-state index in [1.165, 1.54) is 0 Å². The number of anilines is 1. The van der Waals surface area contributed by atoms with Gasteiger partial charge in [-0.25, -0.2) is 0 Å². The first-order chi connectivity index (χ1) is 11.3. The number of pyridine rings is 2. The van der Waals surface area contributed by atoms with Crippen LogP contribution in [0.3, 0.4) is 0 Å². The smallest absolute Gasteiger partial charge is 0.256 e. The van der Waals surface area contributed by atoms with E-state index in [1.54, 1.807) is 18.5 Å². The highest BCUT2D eigenvalue weighted by Gasteiger charge is 2.11. The highest BCUT2D eigenvalue weighted by Crippen LogP contribution is 2.20. The first-order valence-electron chi connectivity index (χ1n) is 7.31. The van der Waals surface area contributed by atoms with Crippen LogP contribution in [0.15, 0.2) is 73.1 Å². The van der Waals surface area contributed by atoms with Crippen LogP contribution in [0.5, 0.6) is 0 Å². The van der Waals surface area contributed by atoms with Gasteiger partial charge in [0.05, 0.1) is 28.5 Å². The number of benzene rings is 2. The Morgan fingerprint density at radius 1 is 0.870 bits per heavy atom. The molecule has 4 rings (SSSR count). The molecule has 0 aliphatic rings. The van der Waals surface area contributed by atoms with Crippen LogP contribution in [0.25, 0.3) is 21.8 Å². The number of hydrogen-bond acceptors (Lipinski definition) is 3. The van der Waals surface area contributed by atoms with Crippen molar-refractivity contribution >= 4 is 33.4 Å². The summed E-state index contributed by atoms with van der Waals surface area (Å²) in [5.41, 5.74) is 2.98. The Bertz CT molecular complexity index is 1020. The number of hydrogen-bond donors (Lipinski definition) is 1. The summed E-state index contributed by atoms with van der Waals surface area (Å²) >= 11 is 0. The van der Waals surface area contributed by atoms with Crippen molar-refractivity contribution in [2.75, 3.05) is 5.32 Å². The van der Waals surface area contributed by atoms with Gasteiger partial charge in [0.15, 0.2) is 0 Å². The number of carbonyl (C=O) groups excluding carboxylic acids is 1. The Labute approximate surface area is 132 Å². The summed E-state index contributed by atoms with van der Waals surface area (Å²) in [5, 5.41) is 4.74. The fourth-order valence-electron chi connectivity index (χ4n) is 2.63. The molecule has 0 unspecified atom stereocenters. The van der Waals surface area contributed by atoms with Gasteiger partial charge in [-0.3, -0.25) is 14.8 Å². The lowest BCUT2D eigenvalue weighted by atomic mass is 10.1. The summed E-state index contributed by atoms with van der Waals surface area (Å²) in [4.78, 5) is 21.2. The van der Waals surface area contributed by atoms with Gasteiger partial charge in [-0.2, -0.15) is 0 Å². The van der Waals surface area contributed by atoms with Crippen LogP contribution >= 0.6 is 0 Å². The fraction of sp³-hybridized carbons (Fsp3) is 0. The van der Waals surface area contributed by atoms with Crippen molar-refractivity contribution < 1.29 is 4.79 Å². The molecule has 4 heteroatoms. The first kappa shape index (κ1) is 13.4. The van der Waals surface area contributed by atoms with E-state index in [2.05, 4.69) is 15.3 Å². The summed E-state index contributed by atoms with van der Waals surface area (Å²) in [7, 11) is 0. The molecule has 0 saturated carbocycles. The van der Waals surface area contributed by atoms with Crippen molar-refractivity contribution in [1.29, 1.82) is 0 Å². The van der Waals surface area contributed by atoms with Crippen molar-refractivity contribution in [3.05, 3.63) is 78.6 Å². The zero-order valence-electron chi connectivity index (χ0n) is 12.2. The van der Waals surface area contributed by atoms with Gasteiger partial charge in [0, 0.05) is 17.0 Å². The van der Waals surface area contributed by atoms with Crippen LogP contribution in [-0.4, -0.2) is 15.9 Å². The quantitative estimate of drug-likeness (QED) is 0.608. The number of amides is 1. The van der Waals surface area contributed by atoms with Crippen molar-refractivity contribution in [3.63, 3.8) is 0 Å². The molecule has 4 nitrogen and oxygen atoms in total. The number of para-hydroxylation sites is 2. The first-order valence-corrected chi connectivity index (χ1v) is 7.31. The lowest BCUT2D eigenvalue weighted by molar-refractivity contribution is 0.102. The maximum atomic E-state index is 12.6. The van der Waals surface area contributed by atoms with Crippen LogP contribution in [0.4, 0.5) is 5.69 Å². The van der Waals surface area contributed by atoms with Crippen LogP contribution in [0.2, 0.25) is 0 Å². The van der Waals surface area contributed by atoms with E-state index >= 15 is 0 Å². The van der Waals surface area contributed by atoms with Crippen LogP contribution in [0, 0.1) is 0 Å². The molecule has 0 atom stereocenters. The van der Waals surface area contributed by atoms with Gasteiger partial charge in [-0.05, 0) is 24.3 Å². The van der Waals surface area contributed by atoms with Crippen LogP contribution < -0.4 is 5.32 Å². The molecule has 0 aliphatic heterocycles. The molecule has 1 N–H and O–H groups in total. The van der Waals surface area contributed by atoms with Crippen molar-refractivity contribution in [1.82, 2.24) is 9.97 Å². The van der Waals surface area contributed by atoms with Gasteiger partial charge in [-0.15, -0.1) is 0 Å². The highest BCUT2D eigenvalue weighted by molar-refractivity contribution is 6.12. The van der Waals surface area contributed by atoms with Gasteiger partial charge >= 0.3 is 0 Å². The van der Waals surface area contributed by atoms with Crippen molar-refractivity contribution in [2.24, 2.45) is 0 Å². The number of rotatable bonds is 2. The minimum absolute atomic E-state index is 0.166. The molecule has 0 radical (unpaired) electrons. The number of nitrogens with one attached hydrogen (secondary N) is 1.